The van der Waals surface area contributed by atoms with Crippen LogP contribution in [0.15, 0.2) is 28.7 Å². The summed E-state index contributed by atoms with van der Waals surface area (Å²) < 4.78 is 6.00. The van der Waals surface area contributed by atoms with Gasteiger partial charge < -0.3 is 9.64 Å². The molecule has 0 atom stereocenters. The zero-order valence-electron chi connectivity index (χ0n) is 11.0. The van der Waals surface area contributed by atoms with Gasteiger partial charge >= 0.3 is 0 Å². The summed E-state index contributed by atoms with van der Waals surface area (Å²) in [6, 6.07) is 7.51. The summed E-state index contributed by atoms with van der Waals surface area (Å²) in [5.41, 5.74) is 0.781. The number of hydrogen-bond donors (Lipinski definition) is 0. The molecule has 0 aliphatic rings. The van der Waals surface area contributed by atoms with Crippen molar-refractivity contribution in [2.24, 2.45) is 0 Å². The Bertz CT molecular complexity index is 365. The summed E-state index contributed by atoms with van der Waals surface area (Å²) in [7, 11) is 3.74. The lowest BCUT2D eigenvalue weighted by atomic mass is 10.1. The maximum Gasteiger partial charge on any atom is 0.164 e. The minimum atomic E-state index is 0.195. The molecule has 0 heterocycles. The van der Waals surface area contributed by atoms with Gasteiger partial charge in [0.15, 0.2) is 5.78 Å². The van der Waals surface area contributed by atoms with Gasteiger partial charge in [0.2, 0.25) is 0 Å². The Labute approximate surface area is 117 Å². The number of nitrogens with zero attached hydrogens (tertiary/aromatic N) is 1. The molecule has 0 amide bonds. The van der Waals surface area contributed by atoms with Crippen LogP contribution in [0.2, 0.25) is 0 Å². The van der Waals surface area contributed by atoms with Gasteiger partial charge in [-0.2, -0.15) is 0 Å². The van der Waals surface area contributed by atoms with E-state index >= 15 is 0 Å². The maximum absolute atomic E-state index is 11.9. The smallest absolute Gasteiger partial charge is 0.164 e. The van der Waals surface area contributed by atoms with Crippen molar-refractivity contribution in [3.63, 3.8) is 0 Å². The lowest BCUT2D eigenvalue weighted by Gasteiger charge is -2.15. The molecular weight excluding hydrogens is 294 g/mol. The van der Waals surface area contributed by atoms with Crippen LogP contribution in [0, 0.1) is 0 Å². The molecule has 18 heavy (non-hydrogen) atoms. The molecule has 1 rings (SSSR count). The molecular formula is C14H20BrNO2. The van der Waals surface area contributed by atoms with Crippen LogP contribution in [0.5, 0.6) is 0 Å². The highest BCUT2D eigenvalue weighted by Gasteiger charge is 2.07. The van der Waals surface area contributed by atoms with E-state index < -0.39 is 0 Å². The van der Waals surface area contributed by atoms with Gasteiger partial charge in [0.25, 0.3) is 0 Å². The van der Waals surface area contributed by atoms with Crippen molar-refractivity contribution in [2.75, 3.05) is 33.9 Å². The van der Waals surface area contributed by atoms with Gasteiger partial charge in [-0.3, -0.25) is 4.79 Å². The van der Waals surface area contributed by atoms with E-state index in [9.17, 15) is 4.79 Å². The van der Waals surface area contributed by atoms with Gasteiger partial charge in [-0.1, -0.05) is 28.1 Å². The Hall–Kier alpha value is -0.710. The van der Waals surface area contributed by atoms with E-state index in [0.29, 0.717) is 6.42 Å². The normalized spacial score (nSPS) is 10.9. The van der Waals surface area contributed by atoms with E-state index in [4.69, 9.17) is 4.74 Å². The van der Waals surface area contributed by atoms with Gasteiger partial charge in [-0.15, -0.1) is 0 Å². The summed E-state index contributed by atoms with van der Waals surface area (Å²) in [6.07, 6.45) is 1.56. The topological polar surface area (TPSA) is 29.5 Å². The number of ketones is 1. The number of ether oxygens (including phenoxy) is 1. The van der Waals surface area contributed by atoms with Crippen LogP contribution in [-0.4, -0.2) is 44.5 Å². The third kappa shape index (κ3) is 5.76. The SMILES string of the molecule is COCCCN(C)CCC(=O)c1ccc(Br)cc1. The van der Waals surface area contributed by atoms with Gasteiger partial charge in [0, 0.05) is 43.3 Å². The molecule has 0 radical (unpaired) electrons. The van der Waals surface area contributed by atoms with E-state index in [-0.39, 0.29) is 5.78 Å². The first kappa shape index (κ1) is 15.3. The lowest BCUT2D eigenvalue weighted by Crippen LogP contribution is -2.23. The quantitative estimate of drug-likeness (QED) is 0.546. The monoisotopic (exact) mass is 313 g/mol. The van der Waals surface area contributed by atoms with Gasteiger partial charge in [0.1, 0.15) is 0 Å². The molecule has 0 N–H and O–H groups in total. The predicted octanol–water partition coefficient (Wildman–Crippen LogP) is 2.99. The molecule has 100 valence electrons. The number of carbonyl (C=O) groups excluding carboxylic acids is 1. The fraction of sp³-hybridized carbons (Fsp3) is 0.500. The average molecular weight is 314 g/mol. The second kappa shape index (κ2) is 8.40. The first-order valence-electron chi connectivity index (χ1n) is 6.09. The molecule has 0 fully saturated rings. The molecule has 1 aromatic carbocycles. The van der Waals surface area contributed by atoms with Crippen LogP contribution in [0.1, 0.15) is 23.2 Å². The number of hydrogen-bond acceptors (Lipinski definition) is 3. The van der Waals surface area contributed by atoms with E-state index in [1.54, 1.807) is 7.11 Å². The zero-order chi connectivity index (χ0) is 13.4. The highest BCUT2D eigenvalue weighted by molar-refractivity contribution is 9.10. The van der Waals surface area contributed by atoms with Crippen molar-refractivity contribution in [1.82, 2.24) is 4.90 Å². The second-order valence-electron chi connectivity index (χ2n) is 4.33. The third-order valence-electron chi connectivity index (χ3n) is 2.78. The van der Waals surface area contributed by atoms with Crippen molar-refractivity contribution in [3.05, 3.63) is 34.3 Å². The van der Waals surface area contributed by atoms with Crippen molar-refractivity contribution in [1.29, 1.82) is 0 Å². The van der Waals surface area contributed by atoms with Crippen LogP contribution in [-0.2, 0) is 4.74 Å². The molecule has 0 bridgehead atoms. The number of Topliss-reactive ketones (excluding diaryl/α,β-unsaturated/α-hetero) is 1. The Balaban J connectivity index is 2.30. The number of rotatable bonds is 8. The molecule has 0 spiro atoms. The van der Waals surface area contributed by atoms with Gasteiger partial charge in [-0.05, 0) is 25.6 Å². The molecule has 0 aromatic heterocycles. The summed E-state index contributed by atoms with van der Waals surface area (Å²) >= 11 is 3.36. The van der Waals surface area contributed by atoms with Crippen LogP contribution in [0.3, 0.4) is 0 Å². The molecule has 0 aliphatic carbocycles. The zero-order valence-corrected chi connectivity index (χ0v) is 12.6. The number of carbonyl (C=O) groups is 1. The number of benzene rings is 1. The van der Waals surface area contributed by atoms with Crippen LogP contribution >= 0.6 is 15.9 Å². The highest BCUT2D eigenvalue weighted by Crippen LogP contribution is 2.12. The molecule has 4 heteroatoms. The first-order valence-corrected chi connectivity index (χ1v) is 6.89. The van der Waals surface area contributed by atoms with E-state index in [2.05, 4.69) is 20.8 Å². The first-order chi connectivity index (χ1) is 8.63. The number of methoxy groups -OCH3 is 1. The van der Waals surface area contributed by atoms with Gasteiger partial charge in [-0.25, -0.2) is 0 Å². The van der Waals surface area contributed by atoms with Crippen molar-refractivity contribution in [2.45, 2.75) is 12.8 Å². The largest absolute Gasteiger partial charge is 0.385 e. The fourth-order valence-electron chi connectivity index (χ4n) is 1.66. The number of halogens is 1. The van der Waals surface area contributed by atoms with Crippen molar-refractivity contribution < 1.29 is 9.53 Å². The van der Waals surface area contributed by atoms with Crippen molar-refractivity contribution >= 4 is 21.7 Å². The fourth-order valence-corrected chi connectivity index (χ4v) is 1.93. The Morgan fingerprint density at radius 1 is 1.28 bits per heavy atom. The highest BCUT2D eigenvalue weighted by atomic mass is 79.9. The van der Waals surface area contributed by atoms with Crippen LogP contribution in [0.4, 0.5) is 0 Å². The van der Waals surface area contributed by atoms with Crippen LogP contribution < -0.4 is 0 Å². The standard InChI is InChI=1S/C14H20BrNO2/c1-16(9-3-11-18-2)10-8-14(17)12-4-6-13(15)7-5-12/h4-7H,3,8-11H2,1-2H3. The second-order valence-corrected chi connectivity index (χ2v) is 5.25. The molecule has 3 nitrogen and oxygen atoms in total. The Kier molecular flexibility index (Phi) is 7.16. The summed E-state index contributed by atoms with van der Waals surface area (Å²) in [5.74, 6) is 0.195. The summed E-state index contributed by atoms with van der Waals surface area (Å²) in [6.45, 7) is 2.52. The Morgan fingerprint density at radius 3 is 2.56 bits per heavy atom. The van der Waals surface area contributed by atoms with E-state index in [1.165, 1.54) is 0 Å². The maximum atomic E-state index is 11.9. The van der Waals surface area contributed by atoms with Gasteiger partial charge in [0.05, 0.1) is 0 Å². The average Bonchev–Trinajstić information content (AvgIpc) is 2.37. The molecule has 0 unspecified atom stereocenters. The van der Waals surface area contributed by atoms with Crippen molar-refractivity contribution in [3.8, 4) is 0 Å². The predicted molar refractivity (Wildman–Crippen MR) is 77.1 cm³/mol. The molecule has 1 aromatic rings. The minimum absolute atomic E-state index is 0.195. The molecule has 0 saturated carbocycles. The summed E-state index contributed by atoms with van der Waals surface area (Å²) in [5, 5.41) is 0. The Morgan fingerprint density at radius 2 is 1.94 bits per heavy atom. The van der Waals surface area contributed by atoms with E-state index in [0.717, 1.165) is 36.2 Å². The lowest BCUT2D eigenvalue weighted by molar-refractivity contribution is 0.0967. The third-order valence-corrected chi connectivity index (χ3v) is 3.30. The molecule has 0 aliphatic heterocycles. The van der Waals surface area contributed by atoms with Crippen LogP contribution in [0.25, 0.3) is 0 Å². The summed E-state index contributed by atoms with van der Waals surface area (Å²) in [4.78, 5) is 14.1. The minimum Gasteiger partial charge on any atom is -0.385 e. The van der Waals surface area contributed by atoms with E-state index in [1.807, 2.05) is 31.3 Å². The molecule has 0 saturated heterocycles.